The summed E-state index contributed by atoms with van der Waals surface area (Å²) in [5.74, 6) is 0.746. The van der Waals surface area contributed by atoms with Crippen LogP contribution in [0.15, 0.2) is 12.3 Å². The number of anilines is 1. The molecule has 0 aromatic carbocycles. The first-order chi connectivity index (χ1) is 8.13. The van der Waals surface area contributed by atoms with E-state index < -0.39 is 0 Å². The molecule has 5 heteroatoms. The second-order valence-corrected chi connectivity index (χ2v) is 4.24. The molecule has 1 aromatic heterocycles. The summed E-state index contributed by atoms with van der Waals surface area (Å²) in [4.78, 5) is 11.7. The first kappa shape index (κ1) is 13.5. The van der Waals surface area contributed by atoms with Gasteiger partial charge in [0, 0.05) is 25.9 Å². The van der Waals surface area contributed by atoms with Gasteiger partial charge in [0.05, 0.1) is 0 Å². The van der Waals surface area contributed by atoms with E-state index in [9.17, 15) is 4.79 Å². The van der Waals surface area contributed by atoms with Gasteiger partial charge in [-0.3, -0.25) is 9.48 Å². The molecule has 1 amide bonds. The molecule has 0 aliphatic rings. The molecule has 1 aromatic rings. The summed E-state index contributed by atoms with van der Waals surface area (Å²) in [7, 11) is 1.85. The fourth-order valence-electron chi connectivity index (χ4n) is 1.52. The molecule has 0 spiro atoms. The Bertz CT molecular complexity index is 348. The normalized spacial score (nSPS) is 12.2. The van der Waals surface area contributed by atoms with Gasteiger partial charge in [-0.15, -0.1) is 0 Å². The minimum absolute atomic E-state index is 0.0201. The summed E-state index contributed by atoms with van der Waals surface area (Å²) >= 11 is 0. The van der Waals surface area contributed by atoms with Gasteiger partial charge in [0.1, 0.15) is 11.9 Å². The minimum Gasteiger partial charge on any atom is -0.357 e. The predicted octanol–water partition coefficient (Wildman–Crippen LogP) is 1.53. The highest BCUT2D eigenvalue weighted by molar-refractivity contribution is 5.83. The molecule has 0 aliphatic heterocycles. The molecular formula is C12H22N4O. The highest BCUT2D eigenvalue weighted by Crippen LogP contribution is 2.03. The van der Waals surface area contributed by atoms with Crippen LogP contribution in [-0.2, 0) is 11.8 Å². The summed E-state index contributed by atoms with van der Waals surface area (Å²) in [6, 6.07) is 1.59. The lowest BCUT2D eigenvalue weighted by Gasteiger charge is -2.13. The fourth-order valence-corrected chi connectivity index (χ4v) is 1.52. The van der Waals surface area contributed by atoms with Crippen LogP contribution in [0.5, 0.6) is 0 Å². The maximum atomic E-state index is 11.7. The zero-order valence-corrected chi connectivity index (χ0v) is 10.9. The Morgan fingerprint density at radius 3 is 2.88 bits per heavy atom. The van der Waals surface area contributed by atoms with Crippen LogP contribution >= 0.6 is 0 Å². The lowest BCUT2D eigenvalue weighted by Crippen LogP contribution is -2.38. The summed E-state index contributed by atoms with van der Waals surface area (Å²) < 4.78 is 1.70. The number of unbranched alkanes of at least 4 members (excludes halogenated alkanes) is 2. The Morgan fingerprint density at radius 2 is 2.29 bits per heavy atom. The average molecular weight is 238 g/mol. The number of aryl methyl sites for hydroxylation is 1. The van der Waals surface area contributed by atoms with Crippen LogP contribution in [0.25, 0.3) is 0 Å². The van der Waals surface area contributed by atoms with Crippen molar-refractivity contribution in [1.82, 2.24) is 15.1 Å². The Morgan fingerprint density at radius 1 is 1.53 bits per heavy atom. The van der Waals surface area contributed by atoms with Crippen LogP contribution in [0.2, 0.25) is 0 Å². The molecular weight excluding hydrogens is 216 g/mol. The molecule has 0 saturated heterocycles. The number of carbonyl (C=O) groups is 1. The molecule has 1 atom stereocenters. The van der Waals surface area contributed by atoms with Crippen molar-refractivity contribution in [2.45, 2.75) is 39.2 Å². The monoisotopic (exact) mass is 238 g/mol. The molecule has 5 nitrogen and oxygen atoms in total. The van der Waals surface area contributed by atoms with Crippen molar-refractivity contribution in [3.8, 4) is 0 Å². The molecule has 0 saturated carbocycles. The average Bonchev–Trinajstić information content (AvgIpc) is 2.70. The van der Waals surface area contributed by atoms with Gasteiger partial charge in [-0.25, -0.2) is 0 Å². The predicted molar refractivity (Wildman–Crippen MR) is 68.8 cm³/mol. The number of carbonyl (C=O) groups excluding carboxylic acids is 1. The molecule has 0 bridgehead atoms. The maximum Gasteiger partial charge on any atom is 0.242 e. The highest BCUT2D eigenvalue weighted by Gasteiger charge is 2.12. The molecule has 2 N–H and O–H groups in total. The van der Waals surface area contributed by atoms with E-state index in [0.717, 1.165) is 31.6 Å². The SMILES string of the molecule is CCCCCNC(=O)C(C)Nc1ccn(C)n1. The van der Waals surface area contributed by atoms with E-state index in [4.69, 9.17) is 0 Å². The molecule has 0 aliphatic carbocycles. The topological polar surface area (TPSA) is 59.0 Å². The second kappa shape index (κ2) is 6.93. The van der Waals surface area contributed by atoms with E-state index in [1.54, 1.807) is 4.68 Å². The first-order valence-corrected chi connectivity index (χ1v) is 6.17. The van der Waals surface area contributed by atoms with Crippen LogP contribution in [0, 0.1) is 0 Å². The van der Waals surface area contributed by atoms with Crippen LogP contribution in [0.1, 0.15) is 33.1 Å². The van der Waals surface area contributed by atoms with Crippen molar-refractivity contribution < 1.29 is 4.79 Å². The van der Waals surface area contributed by atoms with Crippen LogP contribution in [0.4, 0.5) is 5.82 Å². The lowest BCUT2D eigenvalue weighted by molar-refractivity contribution is -0.121. The number of aromatic nitrogens is 2. The molecule has 96 valence electrons. The largest absolute Gasteiger partial charge is 0.357 e. The molecule has 17 heavy (non-hydrogen) atoms. The summed E-state index contributed by atoms with van der Waals surface area (Å²) in [6.45, 7) is 4.73. The Kier molecular flexibility index (Phi) is 5.52. The smallest absolute Gasteiger partial charge is 0.242 e. The summed E-state index contributed by atoms with van der Waals surface area (Å²) in [5, 5.41) is 10.1. The third-order valence-corrected chi connectivity index (χ3v) is 2.55. The summed E-state index contributed by atoms with van der Waals surface area (Å²) in [5.41, 5.74) is 0. The zero-order chi connectivity index (χ0) is 12.7. The van der Waals surface area contributed by atoms with Crippen molar-refractivity contribution in [2.75, 3.05) is 11.9 Å². The summed E-state index contributed by atoms with van der Waals surface area (Å²) in [6.07, 6.45) is 5.20. The van der Waals surface area contributed by atoms with Gasteiger partial charge in [-0.2, -0.15) is 5.10 Å². The number of hydrogen-bond donors (Lipinski definition) is 2. The highest BCUT2D eigenvalue weighted by atomic mass is 16.2. The fraction of sp³-hybridized carbons (Fsp3) is 0.667. The van der Waals surface area contributed by atoms with Crippen molar-refractivity contribution in [1.29, 1.82) is 0 Å². The zero-order valence-electron chi connectivity index (χ0n) is 10.9. The Labute approximate surface area is 103 Å². The van der Waals surface area contributed by atoms with Crippen LogP contribution in [-0.4, -0.2) is 28.3 Å². The second-order valence-electron chi connectivity index (χ2n) is 4.24. The molecule has 1 rings (SSSR count). The van der Waals surface area contributed by atoms with Gasteiger partial charge in [0.15, 0.2) is 0 Å². The van der Waals surface area contributed by atoms with Crippen LogP contribution in [0.3, 0.4) is 0 Å². The Hall–Kier alpha value is -1.52. The third kappa shape index (κ3) is 4.89. The van der Waals surface area contributed by atoms with E-state index in [1.807, 2.05) is 26.2 Å². The molecule has 0 fully saturated rings. The number of hydrogen-bond acceptors (Lipinski definition) is 3. The van der Waals surface area contributed by atoms with E-state index in [1.165, 1.54) is 0 Å². The lowest BCUT2D eigenvalue weighted by atomic mass is 10.2. The molecule has 1 heterocycles. The quantitative estimate of drug-likeness (QED) is 0.708. The molecule has 0 radical (unpaired) electrons. The van der Waals surface area contributed by atoms with Crippen molar-refractivity contribution in [2.24, 2.45) is 7.05 Å². The van der Waals surface area contributed by atoms with Gasteiger partial charge in [-0.05, 0) is 13.3 Å². The van der Waals surface area contributed by atoms with E-state index in [-0.39, 0.29) is 11.9 Å². The number of nitrogens with one attached hydrogen (secondary N) is 2. The van der Waals surface area contributed by atoms with E-state index >= 15 is 0 Å². The number of nitrogens with zero attached hydrogens (tertiary/aromatic N) is 2. The van der Waals surface area contributed by atoms with Crippen LogP contribution < -0.4 is 10.6 Å². The van der Waals surface area contributed by atoms with Gasteiger partial charge < -0.3 is 10.6 Å². The molecule has 1 unspecified atom stereocenters. The van der Waals surface area contributed by atoms with E-state index in [2.05, 4.69) is 22.7 Å². The van der Waals surface area contributed by atoms with Crippen molar-refractivity contribution in [3.05, 3.63) is 12.3 Å². The van der Waals surface area contributed by atoms with Gasteiger partial charge >= 0.3 is 0 Å². The standard InChI is InChI=1S/C12H22N4O/c1-4-5-6-8-13-12(17)10(2)14-11-7-9-16(3)15-11/h7,9-10H,4-6,8H2,1-3H3,(H,13,17)(H,14,15). The number of rotatable bonds is 7. The van der Waals surface area contributed by atoms with Gasteiger partial charge in [0.2, 0.25) is 5.91 Å². The number of amides is 1. The maximum absolute atomic E-state index is 11.7. The van der Waals surface area contributed by atoms with Gasteiger partial charge in [-0.1, -0.05) is 19.8 Å². The third-order valence-electron chi connectivity index (χ3n) is 2.55. The first-order valence-electron chi connectivity index (χ1n) is 6.17. The van der Waals surface area contributed by atoms with Crippen molar-refractivity contribution >= 4 is 11.7 Å². The minimum atomic E-state index is -0.258. The van der Waals surface area contributed by atoms with Crippen molar-refractivity contribution in [3.63, 3.8) is 0 Å². The Balaban J connectivity index is 2.27. The van der Waals surface area contributed by atoms with Gasteiger partial charge in [0.25, 0.3) is 0 Å². The van der Waals surface area contributed by atoms with E-state index in [0.29, 0.717) is 0 Å².